The van der Waals surface area contributed by atoms with Gasteiger partial charge in [-0.1, -0.05) is 24.3 Å². The maximum atomic E-state index is 12.9. The fourth-order valence-corrected chi connectivity index (χ4v) is 2.73. The zero-order valence-corrected chi connectivity index (χ0v) is 10.8. The second-order valence-corrected chi connectivity index (χ2v) is 5.29. The average molecular weight is 271 g/mol. The number of hydrogen-bond donors (Lipinski definition) is 0. The zero-order valence-electron chi connectivity index (χ0n) is 10.8. The van der Waals surface area contributed by atoms with Gasteiger partial charge in [0.1, 0.15) is 5.82 Å². The number of nitrogens with zero attached hydrogens (tertiary/aromatic N) is 1. The molecule has 0 spiro atoms. The third kappa shape index (κ3) is 1.93. The van der Waals surface area contributed by atoms with E-state index in [1.54, 1.807) is 5.23 Å². The smallest absolute Gasteiger partial charge is 0.196 e. The van der Waals surface area contributed by atoms with Crippen molar-refractivity contribution >= 4 is 0 Å². The second kappa shape index (κ2) is 4.49. The van der Waals surface area contributed by atoms with E-state index in [2.05, 4.69) is 0 Å². The topological polar surface area (TPSA) is 21.7 Å². The monoisotopic (exact) mass is 271 g/mol. The van der Waals surface area contributed by atoms with Gasteiger partial charge in [-0.3, -0.25) is 0 Å². The standard InChI is InChI=1S/C16H14FNO2/c17-13-7-5-11(6-8-13)12-9-14(10-12)18-19-15-3-1-2-4-16(15)20-18/h1-8,12,14H,9-10H2. The fraction of sp³-hybridized carbons (Fsp3) is 0.250. The molecule has 0 atom stereocenters. The van der Waals surface area contributed by atoms with Crippen LogP contribution in [0.2, 0.25) is 0 Å². The SMILES string of the molecule is Fc1ccc(C2CC(N3Oc4ccccc4O3)C2)cc1. The minimum atomic E-state index is -0.189. The van der Waals surface area contributed by atoms with Gasteiger partial charge < -0.3 is 9.68 Å². The normalized spacial score (nSPS) is 24.4. The third-order valence-electron chi connectivity index (χ3n) is 3.98. The molecule has 1 heterocycles. The molecule has 1 fully saturated rings. The van der Waals surface area contributed by atoms with Crippen LogP contribution in [0.1, 0.15) is 24.3 Å². The molecule has 1 aliphatic heterocycles. The van der Waals surface area contributed by atoms with E-state index in [1.165, 1.54) is 17.7 Å². The first-order valence-electron chi connectivity index (χ1n) is 6.79. The van der Waals surface area contributed by atoms with Gasteiger partial charge in [0.15, 0.2) is 11.5 Å². The molecule has 4 rings (SSSR count). The Morgan fingerprint density at radius 3 is 2.10 bits per heavy atom. The number of hydrogen-bond acceptors (Lipinski definition) is 3. The Morgan fingerprint density at radius 1 is 0.900 bits per heavy atom. The molecule has 1 saturated carbocycles. The molecule has 102 valence electrons. The highest BCUT2D eigenvalue weighted by atomic mass is 19.1. The second-order valence-electron chi connectivity index (χ2n) is 5.29. The molecule has 1 aliphatic carbocycles. The van der Waals surface area contributed by atoms with E-state index < -0.39 is 0 Å². The zero-order chi connectivity index (χ0) is 13.5. The summed E-state index contributed by atoms with van der Waals surface area (Å²) in [5.74, 6) is 1.79. The molecule has 20 heavy (non-hydrogen) atoms. The van der Waals surface area contributed by atoms with Gasteiger partial charge in [-0.05, 0) is 48.6 Å². The number of halogens is 1. The molecular formula is C16H14FNO2. The first kappa shape index (κ1) is 11.7. The Morgan fingerprint density at radius 2 is 1.50 bits per heavy atom. The van der Waals surface area contributed by atoms with E-state index in [-0.39, 0.29) is 11.9 Å². The summed E-state index contributed by atoms with van der Waals surface area (Å²) in [4.78, 5) is 11.3. The minimum absolute atomic E-state index is 0.189. The van der Waals surface area contributed by atoms with E-state index in [0.717, 1.165) is 24.3 Å². The molecule has 0 bridgehead atoms. The van der Waals surface area contributed by atoms with Crippen molar-refractivity contribution in [2.24, 2.45) is 0 Å². The summed E-state index contributed by atoms with van der Waals surface area (Å²) in [6.45, 7) is 0. The molecular weight excluding hydrogens is 257 g/mol. The van der Waals surface area contributed by atoms with Gasteiger partial charge in [-0.25, -0.2) is 4.39 Å². The number of fused-ring (bicyclic) bond motifs is 1. The van der Waals surface area contributed by atoms with Gasteiger partial charge in [-0.15, -0.1) is 0 Å². The van der Waals surface area contributed by atoms with Crippen molar-refractivity contribution in [2.75, 3.05) is 0 Å². The van der Waals surface area contributed by atoms with Crippen LogP contribution in [-0.2, 0) is 0 Å². The Bertz CT molecular complexity index is 598. The summed E-state index contributed by atoms with van der Waals surface area (Å²) in [6, 6.07) is 14.6. The molecule has 0 N–H and O–H groups in total. The molecule has 4 heteroatoms. The highest BCUT2D eigenvalue weighted by Gasteiger charge is 2.40. The summed E-state index contributed by atoms with van der Waals surface area (Å²) in [5.41, 5.74) is 1.18. The quantitative estimate of drug-likeness (QED) is 0.831. The highest BCUT2D eigenvalue weighted by molar-refractivity contribution is 5.40. The van der Waals surface area contributed by atoms with Crippen molar-refractivity contribution in [3.63, 3.8) is 0 Å². The van der Waals surface area contributed by atoms with Crippen LogP contribution in [0, 0.1) is 5.82 Å². The molecule has 2 aromatic rings. The lowest BCUT2D eigenvalue weighted by atomic mass is 9.76. The van der Waals surface area contributed by atoms with E-state index >= 15 is 0 Å². The first-order chi connectivity index (χ1) is 9.79. The van der Waals surface area contributed by atoms with Gasteiger partial charge in [0.25, 0.3) is 0 Å². The van der Waals surface area contributed by atoms with Crippen molar-refractivity contribution in [1.82, 2.24) is 5.23 Å². The number of benzene rings is 2. The average Bonchev–Trinajstić information content (AvgIpc) is 2.82. The molecule has 0 saturated heterocycles. The van der Waals surface area contributed by atoms with Crippen molar-refractivity contribution in [3.8, 4) is 11.5 Å². The van der Waals surface area contributed by atoms with Crippen molar-refractivity contribution in [3.05, 3.63) is 59.9 Å². The summed E-state index contributed by atoms with van der Waals surface area (Å²) >= 11 is 0. The van der Waals surface area contributed by atoms with Crippen molar-refractivity contribution < 1.29 is 14.1 Å². The highest BCUT2D eigenvalue weighted by Crippen LogP contribution is 2.43. The lowest BCUT2D eigenvalue weighted by Gasteiger charge is -2.38. The molecule has 0 unspecified atom stereocenters. The molecule has 0 radical (unpaired) electrons. The van der Waals surface area contributed by atoms with Gasteiger partial charge >= 0.3 is 0 Å². The molecule has 2 aliphatic rings. The van der Waals surface area contributed by atoms with Crippen LogP contribution < -0.4 is 9.68 Å². The van der Waals surface area contributed by atoms with E-state index in [0.29, 0.717) is 5.92 Å². The predicted octanol–water partition coefficient (Wildman–Crippen LogP) is 3.68. The van der Waals surface area contributed by atoms with Crippen LogP contribution in [0.3, 0.4) is 0 Å². The summed E-state index contributed by atoms with van der Waals surface area (Å²) in [5, 5.41) is 1.59. The minimum Gasteiger partial charge on any atom is -0.367 e. The predicted molar refractivity (Wildman–Crippen MR) is 71.7 cm³/mol. The van der Waals surface area contributed by atoms with Gasteiger partial charge in [0.05, 0.1) is 6.04 Å². The van der Waals surface area contributed by atoms with Crippen LogP contribution in [0.15, 0.2) is 48.5 Å². The van der Waals surface area contributed by atoms with Crippen LogP contribution >= 0.6 is 0 Å². The van der Waals surface area contributed by atoms with E-state index in [1.807, 2.05) is 36.4 Å². The molecule has 0 aromatic heterocycles. The fourth-order valence-electron chi connectivity index (χ4n) is 2.73. The molecule has 3 nitrogen and oxygen atoms in total. The largest absolute Gasteiger partial charge is 0.367 e. The van der Waals surface area contributed by atoms with Crippen molar-refractivity contribution in [2.45, 2.75) is 24.8 Å². The van der Waals surface area contributed by atoms with Crippen LogP contribution in [0.5, 0.6) is 11.5 Å². The van der Waals surface area contributed by atoms with E-state index in [9.17, 15) is 4.39 Å². The number of hydroxylamine groups is 2. The number of rotatable bonds is 2. The Hall–Kier alpha value is -2.07. The summed E-state index contributed by atoms with van der Waals surface area (Å²) in [6.07, 6.45) is 1.92. The van der Waals surface area contributed by atoms with Gasteiger partial charge in [-0.2, -0.15) is 0 Å². The van der Waals surface area contributed by atoms with Crippen molar-refractivity contribution in [1.29, 1.82) is 0 Å². The number of para-hydroxylation sites is 2. The maximum Gasteiger partial charge on any atom is 0.196 e. The summed E-state index contributed by atoms with van der Waals surface area (Å²) < 4.78 is 12.9. The molecule has 2 aromatic carbocycles. The van der Waals surface area contributed by atoms with E-state index in [4.69, 9.17) is 9.68 Å². The van der Waals surface area contributed by atoms with Gasteiger partial charge in [0.2, 0.25) is 0 Å². The van der Waals surface area contributed by atoms with Crippen LogP contribution in [0.25, 0.3) is 0 Å². The van der Waals surface area contributed by atoms with Crippen LogP contribution in [-0.4, -0.2) is 11.3 Å². The lowest BCUT2D eigenvalue weighted by Crippen LogP contribution is -2.45. The lowest BCUT2D eigenvalue weighted by molar-refractivity contribution is -0.270. The van der Waals surface area contributed by atoms with Gasteiger partial charge in [0, 0.05) is 5.23 Å². The Kier molecular flexibility index (Phi) is 2.63. The third-order valence-corrected chi connectivity index (χ3v) is 3.98. The first-order valence-corrected chi connectivity index (χ1v) is 6.79. The Balaban J connectivity index is 1.39. The molecule has 0 amide bonds. The summed E-state index contributed by atoms with van der Waals surface area (Å²) in [7, 11) is 0. The van der Waals surface area contributed by atoms with Crippen LogP contribution in [0.4, 0.5) is 4.39 Å². The maximum absolute atomic E-state index is 12.9. The Labute approximate surface area is 116 Å².